The van der Waals surface area contributed by atoms with Crippen molar-refractivity contribution in [1.82, 2.24) is 9.97 Å². The highest BCUT2D eigenvalue weighted by atomic mass is 16.5. The van der Waals surface area contributed by atoms with Crippen molar-refractivity contribution in [3.05, 3.63) is 71.0 Å². The molecule has 0 aliphatic heterocycles. The second kappa shape index (κ2) is 12.0. The van der Waals surface area contributed by atoms with Crippen molar-refractivity contribution in [3.63, 3.8) is 0 Å². The second-order valence-corrected chi connectivity index (χ2v) is 7.84. The molecule has 0 radical (unpaired) electrons. The molecule has 0 amide bonds. The number of nitrogens with zero attached hydrogens (tertiary/aromatic N) is 2. The van der Waals surface area contributed by atoms with Gasteiger partial charge in [0.15, 0.2) is 0 Å². The van der Waals surface area contributed by atoms with Gasteiger partial charge in [-0.2, -0.15) is 0 Å². The van der Waals surface area contributed by atoms with Crippen LogP contribution in [0.1, 0.15) is 35.6 Å². The molecule has 0 atom stereocenters. The van der Waals surface area contributed by atoms with Gasteiger partial charge in [-0.05, 0) is 78.8 Å². The summed E-state index contributed by atoms with van der Waals surface area (Å²) in [5, 5.41) is 12.0. The largest absolute Gasteiger partial charge is 0.491 e. The Kier molecular flexibility index (Phi) is 8.78. The predicted octanol–water partition coefficient (Wildman–Crippen LogP) is 4.81. The van der Waals surface area contributed by atoms with Crippen LogP contribution in [0.5, 0.6) is 5.75 Å². The van der Waals surface area contributed by atoms with Gasteiger partial charge in [0.1, 0.15) is 12.4 Å². The number of aromatic nitrogens is 2. The van der Waals surface area contributed by atoms with Gasteiger partial charge in [0.2, 0.25) is 5.95 Å². The molecule has 7 heteroatoms. The lowest BCUT2D eigenvalue weighted by Crippen LogP contribution is -2.07. The van der Waals surface area contributed by atoms with Crippen LogP contribution >= 0.6 is 0 Å². The van der Waals surface area contributed by atoms with E-state index < -0.39 is 5.97 Å². The summed E-state index contributed by atoms with van der Waals surface area (Å²) >= 11 is 0. The molecule has 0 bridgehead atoms. The number of nitrogens with one attached hydrogen (secondary N) is 1. The summed E-state index contributed by atoms with van der Waals surface area (Å²) in [5.41, 5.74) is 6.59. The van der Waals surface area contributed by atoms with Crippen LogP contribution in [0.25, 0.3) is 11.1 Å². The van der Waals surface area contributed by atoms with Gasteiger partial charge in [0, 0.05) is 32.0 Å². The molecule has 2 N–H and O–H groups in total. The first kappa shape index (κ1) is 24.2. The van der Waals surface area contributed by atoms with Gasteiger partial charge >= 0.3 is 5.97 Å². The van der Waals surface area contributed by atoms with Crippen LogP contribution in [0.4, 0.5) is 5.95 Å². The number of carbonyl (C=O) groups is 1. The standard InChI is InChI=1S/C26H31N3O4/c1-4-32-10-11-33-23-12-18(2)25(19(3)13-23)22-7-5-6-20(14-22)15-27-26-28-16-21(17-29-26)8-9-24(30)31/h5-7,12-14,16-17H,4,8-11,15H2,1-3H3,(H,30,31)(H,27,28,29). The zero-order chi connectivity index (χ0) is 23.6. The van der Waals surface area contributed by atoms with E-state index in [1.165, 1.54) is 5.56 Å². The van der Waals surface area contributed by atoms with Crippen molar-refractivity contribution in [2.24, 2.45) is 0 Å². The van der Waals surface area contributed by atoms with Crippen LogP contribution in [-0.2, 0) is 22.5 Å². The lowest BCUT2D eigenvalue weighted by molar-refractivity contribution is -0.136. The fourth-order valence-electron chi connectivity index (χ4n) is 3.67. The van der Waals surface area contributed by atoms with Crippen molar-refractivity contribution in [3.8, 4) is 16.9 Å². The molecule has 0 fully saturated rings. The highest BCUT2D eigenvalue weighted by Gasteiger charge is 2.10. The molecule has 1 heterocycles. The summed E-state index contributed by atoms with van der Waals surface area (Å²) in [7, 11) is 0. The van der Waals surface area contributed by atoms with Crippen LogP contribution in [-0.4, -0.2) is 40.9 Å². The fraction of sp³-hybridized carbons (Fsp3) is 0.346. The van der Waals surface area contributed by atoms with Crippen molar-refractivity contribution in [2.45, 2.75) is 40.2 Å². The number of carboxylic acid groups (broad SMARTS) is 1. The van der Waals surface area contributed by atoms with Gasteiger partial charge in [0.25, 0.3) is 0 Å². The Bertz CT molecular complexity index is 1040. The van der Waals surface area contributed by atoms with Gasteiger partial charge in [0.05, 0.1) is 6.61 Å². The zero-order valence-electron chi connectivity index (χ0n) is 19.4. The molecule has 0 aliphatic carbocycles. The van der Waals surface area contributed by atoms with Crippen LogP contribution in [0.15, 0.2) is 48.8 Å². The van der Waals surface area contributed by atoms with Gasteiger partial charge in [-0.1, -0.05) is 18.2 Å². The number of aliphatic carboxylic acids is 1. The Morgan fingerprint density at radius 2 is 1.76 bits per heavy atom. The number of hydrogen-bond acceptors (Lipinski definition) is 6. The van der Waals surface area contributed by atoms with Gasteiger partial charge in [-0.3, -0.25) is 4.79 Å². The molecular formula is C26H31N3O4. The molecule has 0 saturated heterocycles. The highest BCUT2D eigenvalue weighted by Crippen LogP contribution is 2.31. The molecular weight excluding hydrogens is 418 g/mol. The van der Waals surface area contributed by atoms with E-state index in [1.807, 2.05) is 13.0 Å². The van der Waals surface area contributed by atoms with Crippen molar-refractivity contribution in [1.29, 1.82) is 0 Å². The molecule has 1 aromatic heterocycles. The van der Waals surface area contributed by atoms with E-state index >= 15 is 0 Å². The normalized spacial score (nSPS) is 10.8. The first-order valence-corrected chi connectivity index (χ1v) is 11.1. The van der Waals surface area contributed by atoms with Crippen LogP contribution in [0, 0.1) is 13.8 Å². The van der Waals surface area contributed by atoms with E-state index in [4.69, 9.17) is 14.6 Å². The lowest BCUT2D eigenvalue weighted by Gasteiger charge is -2.15. The quantitative estimate of drug-likeness (QED) is 0.383. The third-order valence-corrected chi connectivity index (χ3v) is 5.21. The third-order valence-electron chi connectivity index (χ3n) is 5.21. The predicted molar refractivity (Wildman–Crippen MR) is 129 cm³/mol. The minimum absolute atomic E-state index is 0.0716. The van der Waals surface area contributed by atoms with E-state index in [1.54, 1.807) is 12.4 Å². The summed E-state index contributed by atoms with van der Waals surface area (Å²) < 4.78 is 11.2. The Labute approximate surface area is 194 Å². The molecule has 2 aromatic carbocycles. The third kappa shape index (κ3) is 7.29. The Balaban J connectivity index is 1.65. The lowest BCUT2D eigenvalue weighted by atomic mass is 9.94. The average molecular weight is 450 g/mol. The van der Waals surface area contributed by atoms with E-state index in [2.05, 4.69) is 59.5 Å². The molecule has 3 rings (SSSR count). The summed E-state index contributed by atoms with van der Waals surface area (Å²) in [6.45, 7) is 8.57. The first-order valence-electron chi connectivity index (χ1n) is 11.1. The minimum Gasteiger partial charge on any atom is -0.491 e. The van der Waals surface area contributed by atoms with Crippen molar-refractivity contribution >= 4 is 11.9 Å². The minimum atomic E-state index is -0.828. The number of ether oxygens (including phenoxy) is 2. The van der Waals surface area contributed by atoms with Crippen LogP contribution in [0.3, 0.4) is 0 Å². The molecule has 3 aromatic rings. The number of benzene rings is 2. The molecule has 33 heavy (non-hydrogen) atoms. The molecule has 0 spiro atoms. The molecule has 7 nitrogen and oxygen atoms in total. The van der Waals surface area contributed by atoms with Gasteiger partial charge < -0.3 is 19.9 Å². The summed E-state index contributed by atoms with van der Waals surface area (Å²) in [6.07, 6.45) is 3.83. The number of hydrogen-bond donors (Lipinski definition) is 2. The van der Waals surface area contributed by atoms with Gasteiger partial charge in [-0.15, -0.1) is 0 Å². The maximum atomic E-state index is 10.7. The van der Waals surface area contributed by atoms with Crippen LogP contribution < -0.4 is 10.1 Å². The molecule has 0 aliphatic rings. The topological polar surface area (TPSA) is 93.6 Å². The number of aryl methyl sites for hydroxylation is 3. The van der Waals surface area contributed by atoms with Crippen LogP contribution in [0.2, 0.25) is 0 Å². The smallest absolute Gasteiger partial charge is 0.303 e. The summed E-state index contributed by atoms with van der Waals surface area (Å²) in [5.74, 6) is 0.543. The maximum absolute atomic E-state index is 10.7. The Hall–Kier alpha value is -3.45. The monoisotopic (exact) mass is 449 g/mol. The van der Waals surface area contributed by atoms with E-state index in [0.29, 0.717) is 38.7 Å². The summed E-state index contributed by atoms with van der Waals surface area (Å²) in [4.78, 5) is 19.3. The number of anilines is 1. The SMILES string of the molecule is CCOCCOc1cc(C)c(-c2cccc(CNc3ncc(CCC(=O)O)cn3)c2)c(C)c1. The van der Waals surface area contributed by atoms with E-state index in [9.17, 15) is 4.79 Å². The number of carboxylic acids is 1. The van der Waals surface area contributed by atoms with Crippen molar-refractivity contribution in [2.75, 3.05) is 25.1 Å². The summed E-state index contributed by atoms with van der Waals surface area (Å²) in [6, 6.07) is 12.5. The van der Waals surface area contributed by atoms with E-state index in [0.717, 1.165) is 33.6 Å². The Morgan fingerprint density at radius 3 is 2.42 bits per heavy atom. The Morgan fingerprint density at radius 1 is 1.03 bits per heavy atom. The fourth-order valence-corrected chi connectivity index (χ4v) is 3.67. The first-order chi connectivity index (χ1) is 16.0. The molecule has 0 unspecified atom stereocenters. The zero-order valence-corrected chi connectivity index (χ0v) is 19.4. The van der Waals surface area contributed by atoms with E-state index in [-0.39, 0.29) is 6.42 Å². The highest BCUT2D eigenvalue weighted by molar-refractivity contribution is 5.72. The maximum Gasteiger partial charge on any atom is 0.303 e. The second-order valence-electron chi connectivity index (χ2n) is 7.84. The van der Waals surface area contributed by atoms with Crippen molar-refractivity contribution < 1.29 is 19.4 Å². The number of rotatable bonds is 12. The molecule has 174 valence electrons. The van der Waals surface area contributed by atoms with Gasteiger partial charge in [-0.25, -0.2) is 9.97 Å². The molecule has 0 saturated carbocycles. The average Bonchev–Trinajstić information content (AvgIpc) is 2.80.